The van der Waals surface area contributed by atoms with Gasteiger partial charge < -0.3 is 14.8 Å². The Labute approximate surface area is 169 Å². The molecule has 0 aliphatic rings. The lowest BCUT2D eigenvalue weighted by atomic mass is 10.1. The van der Waals surface area contributed by atoms with Crippen LogP contribution in [0.1, 0.15) is 20.9 Å². The number of carbonyl (C=O) groups excluding carboxylic acids is 1. The number of aromatic nitrogens is 1. The largest absolute Gasteiger partial charge is 0.497 e. The number of aryl methyl sites for hydroxylation is 1. The summed E-state index contributed by atoms with van der Waals surface area (Å²) in [5.74, 6) is 0.613. The summed E-state index contributed by atoms with van der Waals surface area (Å²) in [5, 5.41) is 3.22. The van der Waals surface area contributed by atoms with Gasteiger partial charge in [-0.05, 0) is 31.2 Å². The predicted octanol–water partition coefficient (Wildman–Crippen LogP) is 5.41. The molecule has 0 spiro atoms. The van der Waals surface area contributed by atoms with E-state index in [0.717, 1.165) is 23.5 Å². The zero-order valence-electron chi connectivity index (χ0n) is 15.8. The van der Waals surface area contributed by atoms with E-state index in [4.69, 9.17) is 9.47 Å². The van der Waals surface area contributed by atoms with Crippen LogP contribution in [0.4, 0.5) is 18.9 Å². The average molecular weight is 422 g/mol. The second kappa shape index (κ2) is 8.12. The smallest absolute Gasteiger partial charge is 0.416 e. The van der Waals surface area contributed by atoms with Gasteiger partial charge in [0, 0.05) is 11.6 Å². The van der Waals surface area contributed by atoms with Crippen LogP contribution in [-0.4, -0.2) is 25.1 Å². The van der Waals surface area contributed by atoms with Gasteiger partial charge >= 0.3 is 6.18 Å². The number of benzene rings is 2. The van der Waals surface area contributed by atoms with Gasteiger partial charge in [-0.2, -0.15) is 13.2 Å². The summed E-state index contributed by atoms with van der Waals surface area (Å²) in [6, 6.07) is 9.67. The third-order valence-electron chi connectivity index (χ3n) is 4.12. The lowest BCUT2D eigenvalue weighted by Crippen LogP contribution is -2.12. The first-order valence-electron chi connectivity index (χ1n) is 8.41. The van der Waals surface area contributed by atoms with Crippen molar-refractivity contribution >= 4 is 22.9 Å². The van der Waals surface area contributed by atoms with Crippen LogP contribution in [0.25, 0.3) is 10.6 Å². The lowest BCUT2D eigenvalue weighted by molar-refractivity contribution is -0.137. The van der Waals surface area contributed by atoms with Crippen molar-refractivity contribution < 1.29 is 27.4 Å². The third-order valence-corrected chi connectivity index (χ3v) is 5.32. The summed E-state index contributed by atoms with van der Waals surface area (Å²) in [6.07, 6.45) is -4.40. The van der Waals surface area contributed by atoms with Gasteiger partial charge in [-0.3, -0.25) is 4.79 Å². The zero-order chi connectivity index (χ0) is 21.2. The molecule has 29 heavy (non-hydrogen) atoms. The van der Waals surface area contributed by atoms with Gasteiger partial charge in [0.1, 0.15) is 21.4 Å². The average Bonchev–Trinajstić information content (AvgIpc) is 3.09. The van der Waals surface area contributed by atoms with Crippen molar-refractivity contribution in [3.63, 3.8) is 0 Å². The van der Waals surface area contributed by atoms with Gasteiger partial charge in [0.25, 0.3) is 5.91 Å². The minimum absolute atomic E-state index is 0.352. The molecule has 1 heterocycles. The monoisotopic (exact) mass is 422 g/mol. The number of halogens is 3. The van der Waals surface area contributed by atoms with Crippen LogP contribution >= 0.6 is 11.3 Å². The maximum Gasteiger partial charge on any atom is 0.416 e. The molecule has 0 radical (unpaired) electrons. The number of nitrogens with one attached hydrogen (secondary N) is 1. The van der Waals surface area contributed by atoms with E-state index in [1.807, 2.05) is 0 Å². The highest BCUT2D eigenvalue weighted by Gasteiger charge is 2.30. The number of anilines is 1. The Bertz CT molecular complexity index is 1030. The molecule has 152 valence electrons. The molecule has 3 rings (SSSR count). The number of rotatable bonds is 5. The van der Waals surface area contributed by atoms with E-state index in [1.54, 1.807) is 25.1 Å². The van der Waals surface area contributed by atoms with Crippen LogP contribution in [-0.2, 0) is 6.18 Å². The molecule has 0 fully saturated rings. The molecular formula is C20H17F3N2O3S. The predicted molar refractivity (Wildman–Crippen MR) is 105 cm³/mol. The van der Waals surface area contributed by atoms with Crippen LogP contribution in [0.3, 0.4) is 0 Å². The molecule has 2 aromatic carbocycles. The van der Waals surface area contributed by atoms with E-state index in [0.29, 0.717) is 38.3 Å². The first-order valence-corrected chi connectivity index (χ1v) is 9.23. The molecule has 5 nitrogen and oxygen atoms in total. The van der Waals surface area contributed by atoms with E-state index >= 15 is 0 Å². The lowest BCUT2D eigenvalue weighted by Gasteiger charge is -2.11. The van der Waals surface area contributed by atoms with E-state index in [9.17, 15) is 18.0 Å². The fourth-order valence-corrected chi connectivity index (χ4v) is 3.59. The van der Waals surface area contributed by atoms with Gasteiger partial charge in [0.2, 0.25) is 0 Å². The minimum atomic E-state index is -4.40. The Morgan fingerprint density at radius 1 is 1.07 bits per heavy atom. The van der Waals surface area contributed by atoms with Gasteiger partial charge in [-0.1, -0.05) is 12.1 Å². The molecule has 1 amide bonds. The highest BCUT2D eigenvalue weighted by atomic mass is 32.1. The van der Waals surface area contributed by atoms with Crippen molar-refractivity contribution in [2.45, 2.75) is 13.1 Å². The van der Waals surface area contributed by atoms with Gasteiger partial charge in [-0.25, -0.2) is 4.98 Å². The van der Waals surface area contributed by atoms with Crippen LogP contribution in [0.5, 0.6) is 11.5 Å². The van der Waals surface area contributed by atoms with Gasteiger partial charge in [0.05, 0.1) is 31.2 Å². The maximum atomic E-state index is 12.7. The summed E-state index contributed by atoms with van der Waals surface area (Å²) in [6.45, 7) is 1.67. The maximum absolute atomic E-state index is 12.7. The van der Waals surface area contributed by atoms with Crippen LogP contribution in [0, 0.1) is 6.92 Å². The molecule has 0 atom stereocenters. The first-order chi connectivity index (χ1) is 13.7. The Morgan fingerprint density at radius 2 is 1.76 bits per heavy atom. The highest BCUT2D eigenvalue weighted by Crippen LogP contribution is 2.34. The molecule has 0 aliphatic heterocycles. The van der Waals surface area contributed by atoms with Crippen molar-refractivity contribution in [3.05, 3.63) is 58.6 Å². The Morgan fingerprint density at radius 3 is 2.34 bits per heavy atom. The Kier molecular flexibility index (Phi) is 5.78. The summed E-state index contributed by atoms with van der Waals surface area (Å²) < 4.78 is 48.6. The highest BCUT2D eigenvalue weighted by molar-refractivity contribution is 7.17. The normalized spacial score (nSPS) is 11.2. The zero-order valence-corrected chi connectivity index (χ0v) is 16.6. The fraction of sp³-hybridized carbons (Fsp3) is 0.200. The summed E-state index contributed by atoms with van der Waals surface area (Å²) in [5.41, 5.74) is 0.673. The van der Waals surface area contributed by atoms with Crippen molar-refractivity contribution in [1.29, 1.82) is 0 Å². The quantitative estimate of drug-likeness (QED) is 0.598. The van der Waals surface area contributed by atoms with E-state index in [1.165, 1.54) is 26.4 Å². The number of hydrogen-bond donors (Lipinski definition) is 1. The summed E-state index contributed by atoms with van der Waals surface area (Å²) in [4.78, 5) is 17.4. The Hall–Kier alpha value is -3.07. The molecule has 0 saturated carbocycles. The molecule has 0 aliphatic carbocycles. The first kappa shape index (κ1) is 20.7. The van der Waals surface area contributed by atoms with Crippen LogP contribution in [0.15, 0.2) is 42.5 Å². The molecule has 1 aromatic heterocycles. The van der Waals surface area contributed by atoms with E-state index in [2.05, 4.69) is 10.3 Å². The molecule has 9 heteroatoms. The van der Waals surface area contributed by atoms with E-state index in [-0.39, 0.29) is 0 Å². The molecule has 0 bridgehead atoms. The number of amides is 1. The van der Waals surface area contributed by atoms with Crippen molar-refractivity contribution in [2.24, 2.45) is 0 Å². The topological polar surface area (TPSA) is 60.5 Å². The number of alkyl halides is 3. The number of carbonyl (C=O) groups is 1. The summed E-state index contributed by atoms with van der Waals surface area (Å²) in [7, 11) is 3.00. The van der Waals surface area contributed by atoms with Gasteiger partial charge in [0.15, 0.2) is 0 Å². The van der Waals surface area contributed by atoms with Crippen LogP contribution in [0.2, 0.25) is 0 Å². The van der Waals surface area contributed by atoms with Crippen molar-refractivity contribution in [2.75, 3.05) is 19.5 Å². The molecule has 1 N–H and O–H groups in total. The second-order valence-electron chi connectivity index (χ2n) is 6.03. The number of thiazole rings is 1. The number of hydrogen-bond acceptors (Lipinski definition) is 5. The van der Waals surface area contributed by atoms with Crippen molar-refractivity contribution in [1.82, 2.24) is 4.98 Å². The molecule has 3 aromatic rings. The minimum Gasteiger partial charge on any atom is -0.497 e. The van der Waals surface area contributed by atoms with Crippen LogP contribution < -0.4 is 14.8 Å². The van der Waals surface area contributed by atoms with Crippen molar-refractivity contribution in [3.8, 4) is 22.1 Å². The molecule has 0 unspecified atom stereocenters. The third kappa shape index (κ3) is 4.51. The van der Waals surface area contributed by atoms with Gasteiger partial charge in [-0.15, -0.1) is 11.3 Å². The summed E-state index contributed by atoms with van der Waals surface area (Å²) >= 11 is 1.10. The Balaban J connectivity index is 1.86. The number of ether oxygens (including phenoxy) is 2. The second-order valence-corrected chi connectivity index (χ2v) is 7.03. The standard InChI is InChI=1S/C20H17F3N2O3S/c1-11-17(18(26)25-15-10-14(27-2)8-9-16(15)28-3)29-19(24-11)12-4-6-13(7-5-12)20(21,22)23/h4-10H,1-3H3,(H,25,26). The molecular weight excluding hydrogens is 405 g/mol. The number of methoxy groups -OCH3 is 2. The fourth-order valence-electron chi connectivity index (χ4n) is 2.62. The van der Waals surface area contributed by atoms with E-state index < -0.39 is 17.6 Å². The number of nitrogens with zero attached hydrogens (tertiary/aromatic N) is 1. The molecule has 0 saturated heterocycles. The SMILES string of the molecule is COc1ccc(OC)c(NC(=O)c2sc(-c3ccc(C(F)(F)F)cc3)nc2C)c1.